The van der Waals surface area contributed by atoms with Gasteiger partial charge in [-0.1, -0.05) is 6.92 Å². The second kappa shape index (κ2) is 6.80. The summed E-state index contributed by atoms with van der Waals surface area (Å²) in [6.45, 7) is 4.08. The van der Waals surface area contributed by atoms with E-state index in [2.05, 4.69) is 16.9 Å². The first-order valence-corrected chi connectivity index (χ1v) is 8.35. The van der Waals surface area contributed by atoms with Crippen LogP contribution in [0.25, 0.3) is 0 Å². The highest BCUT2D eigenvalue weighted by molar-refractivity contribution is 7.71. The third kappa shape index (κ3) is 3.16. The number of fused-ring (bicyclic) bond motifs is 1. The van der Waals surface area contributed by atoms with Crippen molar-refractivity contribution >= 4 is 17.9 Å². The maximum absolute atomic E-state index is 13.4. The molecule has 1 aliphatic heterocycles. The molecule has 2 aromatic rings. The number of halogens is 1. The molecule has 7 heteroatoms. The third-order valence-electron chi connectivity index (χ3n) is 4.15. The van der Waals surface area contributed by atoms with Crippen LogP contribution in [0.5, 0.6) is 0 Å². The molecule has 1 aromatic heterocycles. The van der Waals surface area contributed by atoms with E-state index in [0.29, 0.717) is 17.3 Å². The van der Waals surface area contributed by atoms with E-state index >= 15 is 0 Å². The maximum atomic E-state index is 13.4. The maximum Gasteiger partial charge on any atom is 0.199 e. The van der Waals surface area contributed by atoms with Crippen molar-refractivity contribution in [1.82, 2.24) is 14.3 Å². The minimum absolute atomic E-state index is 0.127. The molecular weight excluding hydrogens is 315 g/mol. The van der Waals surface area contributed by atoms with Crippen molar-refractivity contribution in [3.8, 4) is 0 Å². The second-order valence-corrected chi connectivity index (χ2v) is 6.15. The third-order valence-corrected chi connectivity index (χ3v) is 4.58. The van der Waals surface area contributed by atoms with Gasteiger partial charge >= 0.3 is 0 Å². The number of aliphatic hydroxyl groups is 1. The summed E-state index contributed by atoms with van der Waals surface area (Å²) in [6.07, 6.45) is 2.80. The standard InChI is InChI=1S/C16H21FN4OS/c1-2-7-20-15(10-22)18-21(16(20)23)11-19-8-3-4-12-9-13(17)5-6-14(12)19/h5-6,9,22H,2-4,7-8,10-11H2,1H3. The van der Waals surface area contributed by atoms with Crippen molar-refractivity contribution in [3.05, 3.63) is 40.2 Å². The molecule has 124 valence electrons. The molecule has 23 heavy (non-hydrogen) atoms. The number of hydrogen-bond acceptors (Lipinski definition) is 4. The first-order valence-electron chi connectivity index (χ1n) is 7.94. The van der Waals surface area contributed by atoms with Crippen molar-refractivity contribution in [2.24, 2.45) is 0 Å². The van der Waals surface area contributed by atoms with Crippen LogP contribution in [0.15, 0.2) is 18.2 Å². The fourth-order valence-corrected chi connectivity index (χ4v) is 3.39. The van der Waals surface area contributed by atoms with Gasteiger partial charge in [-0.2, -0.15) is 5.10 Å². The predicted octanol–water partition coefficient (Wildman–Crippen LogP) is 2.87. The molecule has 1 aliphatic rings. The first kappa shape index (κ1) is 16.1. The van der Waals surface area contributed by atoms with Gasteiger partial charge in [-0.05, 0) is 55.2 Å². The molecule has 3 rings (SSSR count). The SMILES string of the molecule is CCCn1c(CO)nn(CN2CCCc3cc(F)ccc32)c1=S. The molecule has 0 spiro atoms. The normalized spacial score (nSPS) is 14.1. The monoisotopic (exact) mass is 336 g/mol. The summed E-state index contributed by atoms with van der Waals surface area (Å²) in [7, 11) is 0. The quantitative estimate of drug-likeness (QED) is 0.853. The van der Waals surface area contributed by atoms with Gasteiger partial charge in [-0.25, -0.2) is 9.07 Å². The average molecular weight is 336 g/mol. The molecule has 0 saturated carbocycles. The van der Waals surface area contributed by atoms with Crippen LogP contribution in [0.1, 0.15) is 31.2 Å². The zero-order valence-corrected chi connectivity index (χ0v) is 14.0. The number of benzene rings is 1. The lowest BCUT2D eigenvalue weighted by molar-refractivity contribution is 0.263. The lowest BCUT2D eigenvalue weighted by Gasteiger charge is -2.31. The molecule has 0 fully saturated rings. The summed E-state index contributed by atoms with van der Waals surface area (Å²) in [5.74, 6) is 0.394. The Labute approximate surface area is 140 Å². The molecule has 5 nitrogen and oxygen atoms in total. The fourth-order valence-electron chi connectivity index (χ4n) is 3.10. The Morgan fingerprint density at radius 3 is 2.96 bits per heavy atom. The number of hydrogen-bond donors (Lipinski definition) is 1. The largest absolute Gasteiger partial charge is 0.388 e. The van der Waals surface area contributed by atoms with Gasteiger partial charge in [0.05, 0.1) is 0 Å². The topological polar surface area (TPSA) is 46.2 Å². The number of rotatable bonds is 5. The summed E-state index contributed by atoms with van der Waals surface area (Å²) in [6, 6.07) is 4.92. The van der Waals surface area contributed by atoms with Crippen molar-refractivity contribution in [3.63, 3.8) is 0 Å². The van der Waals surface area contributed by atoms with Crippen LogP contribution < -0.4 is 4.90 Å². The minimum atomic E-state index is -0.197. The molecule has 0 aliphatic carbocycles. The first-order chi connectivity index (χ1) is 11.1. The molecule has 1 aromatic carbocycles. The molecular formula is C16H21FN4OS. The van der Waals surface area contributed by atoms with Gasteiger partial charge in [0, 0.05) is 18.8 Å². The highest BCUT2D eigenvalue weighted by Crippen LogP contribution is 2.28. The van der Waals surface area contributed by atoms with Gasteiger partial charge in [0.1, 0.15) is 19.1 Å². The van der Waals surface area contributed by atoms with Crippen molar-refractivity contribution in [2.75, 3.05) is 11.4 Å². The Hall–Kier alpha value is -1.73. The highest BCUT2D eigenvalue weighted by atomic mass is 32.1. The van der Waals surface area contributed by atoms with Crippen LogP contribution >= 0.6 is 12.2 Å². The van der Waals surface area contributed by atoms with E-state index < -0.39 is 0 Å². The summed E-state index contributed by atoms with van der Waals surface area (Å²) < 4.78 is 17.7. The molecule has 0 radical (unpaired) electrons. The molecule has 0 amide bonds. The Morgan fingerprint density at radius 1 is 1.39 bits per heavy atom. The number of aryl methyl sites for hydroxylation is 1. The zero-order chi connectivity index (χ0) is 16.4. The Morgan fingerprint density at radius 2 is 2.22 bits per heavy atom. The lowest BCUT2D eigenvalue weighted by atomic mass is 10.0. The molecule has 0 saturated heterocycles. The minimum Gasteiger partial charge on any atom is -0.388 e. The van der Waals surface area contributed by atoms with E-state index in [1.807, 2.05) is 10.6 Å². The van der Waals surface area contributed by atoms with Gasteiger partial charge in [-0.15, -0.1) is 0 Å². The van der Waals surface area contributed by atoms with Crippen molar-refractivity contribution < 1.29 is 9.50 Å². The van der Waals surface area contributed by atoms with Gasteiger partial charge in [0.2, 0.25) is 0 Å². The highest BCUT2D eigenvalue weighted by Gasteiger charge is 2.19. The van der Waals surface area contributed by atoms with Crippen LogP contribution in [0.4, 0.5) is 10.1 Å². The second-order valence-electron chi connectivity index (χ2n) is 5.79. The van der Waals surface area contributed by atoms with Gasteiger partial charge in [-0.3, -0.25) is 0 Å². The smallest absolute Gasteiger partial charge is 0.199 e. The van der Waals surface area contributed by atoms with Gasteiger partial charge in [0.25, 0.3) is 0 Å². The van der Waals surface area contributed by atoms with E-state index in [-0.39, 0.29) is 12.4 Å². The van der Waals surface area contributed by atoms with Crippen LogP contribution in [-0.2, 0) is 26.2 Å². The molecule has 0 atom stereocenters. The van der Waals surface area contributed by atoms with Crippen LogP contribution in [0.2, 0.25) is 0 Å². The number of aromatic nitrogens is 3. The number of aliphatic hydroxyl groups excluding tert-OH is 1. The zero-order valence-electron chi connectivity index (χ0n) is 13.2. The summed E-state index contributed by atoms with van der Waals surface area (Å²) in [5.41, 5.74) is 2.06. The summed E-state index contributed by atoms with van der Waals surface area (Å²) in [5, 5.41) is 13.9. The summed E-state index contributed by atoms with van der Waals surface area (Å²) in [4.78, 5) is 2.17. The van der Waals surface area contributed by atoms with Crippen LogP contribution in [0.3, 0.4) is 0 Å². The number of anilines is 1. The van der Waals surface area contributed by atoms with Gasteiger partial charge in [0.15, 0.2) is 10.6 Å². The average Bonchev–Trinajstić information content (AvgIpc) is 2.84. The Balaban J connectivity index is 1.91. The van der Waals surface area contributed by atoms with E-state index in [1.165, 1.54) is 6.07 Å². The van der Waals surface area contributed by atoms with E-state index in [1.54, 1.807) is 10.7 Å². The molecule has 0 unspecified atom stereocenters. The van der Waals surface area contributed by atoms with E-state index in [9.17, 15) is 9.50 Å². The molecule has 1 N–H and O–H groups in total. The Kier molecular flexibility index (Phi) is 4.77. The number of nitrogens with zero attached hydrogens (tertiary/aromatic N) is 4. The van der Waals surface area contributed by atoms with Crippen LogP contribution in [0, 0.1) is 10.6 Å². The predicted molar refractivity (Wildman–Crippen MR) is 89.3 cm³/mol. The summed E-state index contributed by atoms with van der Waals surface area (Å²) >= 11 is 5.50. The van der Waals surface area contributed by atoms with Gasteiger partial charge < -0.3 is 14.6 Å². The van der Waals surface area contributed by atoms with E-state index in [4.69, 9.17) is 12.2 Å². The molecule has 2 heterocycles. The Bertz CT molecular complexity index is 755. The van der Waals surface area contributed by atoms with Crippen LogP contribution in [-0.4, -0.2) is 26.0 Å². The molecule has 0 bridgehead atoms. The van der Waals surface area contributed by atoms with Crippen molar-refractivity contribution in [2.45, 2.75) is 46.0 Å². The fraction of sp³-hybridized carbons (Fsp3) is 0.500. The lowest BCUT2D eigenvalue weighted by Crippen LogP contribution is -2.32. The van der Waals surface area contributed by atoms with E-state index in [0.717, 1.165) is 43.6 Å². The van der Waals surface area contributed by atoms with Crippen molar-refractivity contribution in [1.29, 1.82) is 0 Å².